The average Bonchev–Trinajstić information content (AvgIpc) is 2.83. The number of hydrogen-bond donors (Lipinski definition) is 0. The molecule has 3 rings (SSSR count). The van der Waals surface area contributed by atoms with Crippen LogP contribution in [0, 0.1) is 0 Å². The molecule has 6 nitrogen and oxygen atoms in total. The molecule has 0 atom stereocenters. The Morgan fingerprint density at radius 2 is 1.83 bits per heavy atom. The van der Waals surface area contributed by atoms with Crippen LogP contribution in [0.3, 0.4) is 0 Å². The fourth-order valence-corrected chi connectivity index (χ4v) is 3.82. The van der Waals surface area contributed by atoms with Crippen LogP contribution in [-0.4, -0.2) is 38.2 Å². The maximum atomic E-state index is 12.6. The van der Waals surface area contributed by atoms with Crippen molar-refractivity contribution in [1.82, 2.24) is 19.2 Å². The Hall–Kier alpha value is -1.59. The summed E-state index contributed by atoms with van der Waals surface area (Å²) in [5, 5.41) is 4.42. The molecule has 0 radical (unpaired) electrons. The normalized spacial score (nSPS) is 19.7. The summed E-state index contributed by atoms with van der Waals surface area (Å²) in [7, 11) is 1.88. The minimum Gasteiger partial charge on any atom is -0.341 e. The second kappa shape index (κ2) is 7.32. The van der Waals surface area contributed by atoms with Gasteiger partial charge in [-0.05, 0) is 25.7 Å². The van der Waals surface area contributed by atoms with Crippen LogP contribution < -0.4 is 5.69 Å². The summed E-state index contributed by atoms with van der Waals surface area (Å²) in [6.45, 7) is 0.812. The zero-order chi connectivity index (χ0) is 16.2. The first kappa shape index (κ1) is 16.3. The topological polar surface area (TPSA) is 60.1 Å². The summed E-state index contributed by atoms with van der Waals surface area (Å²) in [4.78, 5) is 26.9. The SMILES string of the molecule is CN(C(=O)Cn1nc2n(c1=O)CCCCC2)C1CCCCCC1. The Balaban J connectivity index is 1.69. The molecule has 2 heterocycles. The van der Waals surface area contributed by atoms with Gasteiger partial charge in [0.2, 0.25) is 5.91 Å². The molecular formula is C17H28N4O2. The van der Waals surface area contributed by atoms with Crippen molar-refractivity contribution >= 4 is 5.91 Å². The molecule has 1 saturated carbocycles. The zero-order valence-electron chi connectivity index (χ0n) is 14.2. The van der Waals surface area contributed by atoms with Gasteiger partial charge < -0.3 is 4.90 Å². The van der Waals surface area contributed by atoms with E-state index in [0.29, 0.717) is 6.04 Å². The fourth-order valence-electron chi connectivity index (χ4n) is 3.82. The van der Waals surface area contributed by atoms with Crippen LogP contribution in [0.1, 0.15) is 63.6 Å². The van der Waals surface area contributed by atoms with Crippen molar-refractivity contribution in [2.24, 2.45) is 0 Å². The van der Waals surface area contributed by atoms with Gasteiger partial charge in [-0.1, -0.05) is 32.1 Å². The third-order valence-electron chi connectivity index (χ3n) is 5.33. The first-order chi connectivity index (χ1) is 11.2. The number of carbonyl (C=O) groups excluding carboxylic acids is 1. The number of nitrogens with zero attached hydrogens (tertiary/aromatic N) is 4. The lowest BCUT2D eigenvalue weighted by Gasteiger charge is -2.27. The van der Waals surface area contributed by atoms with Crippen molar-refractivity contribution in [3.63, 3.8) is 0 Å². The highest BCUT2D eigenvalue weighted by atomic mass is 16.2. The van der Waals surface area contributed by atoms with E-state index < -0.39 is 0 Å². The number of amides is 1. The van der Waals surface area contributed by atoms with Crippen LogP contribution in [0.5, 0.6) is 0 Å². The standard InChI is InChI=1S/C17H28N4O2/c1-19(14-9-5-2-3-6-10-14)16(22)13-21-17(23)20-12-8-4-7-11-15(20)18-21/h14H,2-13H2,1H3. The highest BCUT2D eigenvalue weighted by molar-refractivity contribution is 5.75. The number of aryl methyl sites for hydroxylation is 1. The third kappa shape index (κ3) is 3.67. The van der Waals surface area contributed by atoms with Crippen molar-refractivity contribution in [3.8, 4) is 0 Å². The number of likely N-dealkylation sites (N-methyl/N-ethyl adjacent to an activating group) is 1. The predicted molar refractivity (Wildman–Crippen MR) is 88.3 cm³/mol. The molecule has 0 N–H and O–H groups in total. The summed E-state index contributed by atoms with van der Waals surface area (Å²) < 4.78 is 3.13. The van der Waals surface area contributed by atoms with Crippen LogP contribution in [0.2, 0.25) is 0 Å². The van der Waals surface area contributed by atoms with Crippen molar-refractivity contribution in [1.29, 1.82) is 0 Å². The summed E-state index contributed by atoms with van der Waals surface area (Å²) in [5.41, 5.74) is -0.121. The van der Waals surface area contributed by atoms with Gasteiger partial charge in [0.1, 0.15) is 12.4 Å². The van der Waals surface area contributed by atoms with Crippen molar-refractivity contribution in [2.45, 2.75) is 83.3 Å². The van der Waals surface area contributed by atoms with Gasteiger partial charge in [-0.3, -0.25) is 9.36 Å². The lowest BCUT2D eigenvalue weighted by molar-refractivity contribution is -0.133. The average molecular weight is 320 g/mol. The minimum atomic E-state index is -0.121. The first-order valence-electron chi connectivity index (χ1n) is 9.09. The summed E-state index contributed by atoms with van der Waals surface area (Å²) in [6, 6.07) is 0.321. The number of aromatic nitrogens is 3. The fraction of sp³-hybridized carbons (Fsp3) is 0.824. The second-order valence-corrected chi connectivity index (χ2v) is 6.97. The van der Waals surface area contributed by atoms with Gasteiger partial charge >= 0.3 is 5.69 Å². The van der Waals surface area contributed by atoms with E-state index in [-0.39, 0.29) is 18.1 Å². The number of hydrogen-bond acceptors (Lipinski definition) is 3. The van der Waals surface area contributed by atoms with Gasteiger partial charge in [0.25, 0.3) is 0 Å². The van der Waals surface area contributed by atoms with E-state index in [4.69, 9.17) is 0 Å². The molecular weight excluding hydrogens is 292 g/mol. The Morgan fingerprint density at radius 1 is 1.13 bits per heavy atom. The lowest BCUT2D eigenvalue weighted by atomic mass is 10.1. The molecule has 0 bridgehead atoms. The highest BCUT2D eigenvalue weighted by Crippen LogP contribution is 2.21. The highest BCUT2D eigenvalue weighted by Gasteiger charge is 2.23. The van der Waals surface area contributed by atoms with Crippen LogP contribution in [0.4, 0.5) is 0 Å². The van der Waals surface area contributed by atoms with Crippen LogP contribution in [-0.2, 0) is 24.3 Å². The molecule has 0 aromatic carbocycles. The van der Waals surface area contributed by atoms with E-state index >= 15 is 0 Å². The van der Waals surface area contributed by atoms with Gasteiger partial charge in [-0.15, -0.1) is 0 Å². The van der Waals surface area contributed by atoms with E-state index in [9.17, 15) is 9.59 Å². The number of fused-ring (bicyclic) bond motifs is 1. The molecule has 1 aliphatic heterocycles. The Morgan fingerprint density at radius 3 is 2.57 bits per heavy atom. The quantitative estimate of drug-likeness (QED) is 0.800. The smallest absolute Gasteiger partial charge is 0.341 e. The zero-order valence-corrected chi connectivity index (χ0v) is 14.2. The van der Waals surface area contributed by atoms with Gasteiger partial charge in [-0.25, -0.2) is 9.48 Å². The predicted octanol–water partition coefficient (Wildman–Crippen LogP) is 1.95. The Labute approximate surface area is 137 Å². The summed E-state index contributed by atoms with van der Waals surface area (Å²) >= 11 is 0. The molecule has 23 heavy (non-hydrogen) atoms. The Bertz CT molecular complexity index is 596. The maximum Gasteiger partial charge on any atom is 0.346 e. The van der Waals surface area contributed by atoms with Gasteiger partial charge in [0.15, 0.2) is 0 Å². The van der Waals surface area contributed by atoms with Gasteiger partial charge in [0, 0.05) is 26.1 Å². The maximum absolute atomic E-state index is 12.6. The third-order valence-corrected chi connectivity index (χ3v) is 5.33. The molecule has 1 amide bonds. The molecule has 6 heteroatoms. The number of rotatable bonds is 3. The minimum absolute atomic E-state index is 0.00672. The van der Waals surface area contributed by atoms with E-state index in [2.05, 4.69) is 5.10 Å². The molecule has 1 aliphatic carbocycles. The van der Waals surface area contributed by atoms with E-state index in [0.717, 1.165) is 50.9 Å². The van der Waals surface area contributed by atoms with Crippen molar-refractivity contribution < 1.29 is 4.79 Å². The monoisotopic (exact) mass is 320 g/mol. The molecule has 1 aromatic rings. The van der Waals surface area contributed by atoms with Crippen molar-refractivity contribution in [2.75, 3.05) is 7.05 Å². The molecule has 1 aromatic heterocycles. The summed E-state index contributed by atoms with van der Waals surface area (Å²) in [6.07, 6.45) is 11.2. The largest absolute Gasteiger partial charge is 0.346 e. The van der Waals surface area contributed by atoms with E-state index in [1.54, 1.807) is 4.57 Å². The molecule has 1 fully saturated rings. The molecule has 128 valence electrons. The number of carbonyl (C=O) groups is 1. The summed E-state index contributed by atoms with van der Waals surface area (Å²) in [5.74, 6) is 0.852. The van der Waals surface area contributed by atoms with Crippen LogP contribution >= 0.6 is 0 Å². The lowest BCUT2D eigenvalue weighted by Crippen LogP contribution is -2.40. The second-order valence-electron chi connectivity index (χ2n) is 6.97. The first-order valence-corrected chi connectivity index (χ1v) is 9.09. The van der Waals surface area contributed by atoms with E-state index in [1.807, 2.05) is 11.9 Å². The molecule has 0 saturated heterocycles. The molecule has 2 aliphatic rings. The van der Waals surface area contributed by atoms with Crippen LogP contribution in [0.15, 0.2) is 4.79 Å². The molecule has 0 unspecified atom stereocenters. The van der Waals surface area contributed by atoms with Gasteiger partial charge in [0.05, 0.1) is 0 Å². The Kier molecular flexibility index (Phi) is 5.18. The van der Waals surface area contributed by atoms with E-state index in [1.165, 1.54) is 30.4 Å². The van der Waals surface area contributed by atoms with Crippen molar-refractivity contribution in [3.05, 3.63) is 16.3 Å². The molecule has 0 spiro atoms. The van der Waals surface area contributed by atoms with Crippen LogP contribution in [0.25, 0.3) is 0 Å². The van der Waals surface area contributed by atoms with Gasteiger partial charge in [-0.2, -0.15) is 5.10 Å².